The quantitative estimate of drug-likeness (QED) is 0.257. The lowest BCUT2D eigenvalue weighted by Crippen LogP contribution is -2.33. The van der Waals surface area contributed by atoms with Gasteiger partial charge in [-0.25, -0.2) is 5.84 Å². The van der Waals surface area contributed by atoms with Crippen molar-refractivity contribution in [2.45, 2.75) is 13.3 Å². The zero-order valence-corrected chi connectivity index (χ0v) is 5.81. The molecule has 0 spiro atoms. The molecule has 0 aliphatic rings. The summed E-state index contributed by atoms with van der Waals surface area (Å²) < 4.78 is 0. The number of nitrogens with one attached hydrogen (secondary N) is 2. The Morgan fingerprint density at radius 2 is 2.10 bits per heavy atom. The molecule has 0 heterocycles. The first-order chi connectivity index (χ1) is 4.66. The summed E-state index contributed by atoms with van der Waals surface area (Å²) in [5.41, 5.74) is 1.95. The van der Waals surface area contributed by atoms with Gasteiger partial charge in [-0.2, -0.15) is 0 Å². The van der Waals surface area contributed by atoms with E-state index in [1.54, 1.807) is 0 Å². The Morgan fingerprint density at radius 3 is 2.50 bits per heavy atom. The van der Waals surface area contributed by atoms with Gasteiger partial charge in [-0.05, 0) is 0 Å². The van der Waals surface area contributed by atoms with E-state index in [1.807, 2.05) is 5.43 Å². The lowest BCUT2D eigenvalue weighted by molar-refractivity contribution is -0.121. The van der Waals surface area contributed by atoms with E-state index in [4.69, 9.17) is 5.84 Å². The fourth-order valence-corrected chi connectivity index (χ4v) is 0.424. The molecule has 0 saturated carbocycles. The van der Waals surface area contributed by atoms with Gasteiger partial charge in [0.2, 0.25) is 11.8 Å². The molecule has 2 amide bonds. The van der Waals surface area contributed by atoms with E-state index in [2.05, 4.69) is 5.32 Å². The maximum Gasteiger partial charge on any atom is 0.235 e. The van der Waals surface area contributed by atoms with Crippen molar-refractivity contribution >= 4 is 11.8 Å². The summed E-state index contributed by atoms with van der Waals surface area (Å²) in [7, 11) is 0. The first-order valence-electron chi connectivity index (χ1n) is 2.90. The molecular weight excluding hydrogens is 134 g/mol. The summed E-state index contributed by atoms with van der Waals surface area (Å²) in [6.07, 6.45) is 0.218. The predicted molar refractivity (Wildman–Crippen MR) is 35.6 cm³/mol. The molecule has 0 fully saturated rings. The zero-order chi connectivity index (χ0) is 7.98. The minimum atomic E-state index is -0.284. The summed E-state index contributed by atoms with van der Waals surface area (Å²) in [4.78, 5) is 20.6. The standard InChI is InChI=1S/C5H11N3O2/c1-4(9)7-3-2-5(10)8-6/h2-3,6H2,1H3,(H,7,9)(H,8,10). The van der Waals surface area contributed by atoms with Gasteiger partial charge >= 0.3 is 0 Å². The summed E-state index contributed by atoms with van der Waals surface area (Å²) >= 11 is 0. The highest BCUT2D eigenvalue weighted by Crippen LogP contribution is 1.73. The topological polar surface area (TPSA) is 84.2 Å². The van der Waals surface area contributed by atoms with E-state index < -0.39 is 0 Å². The van der Waals surface area contributed by atoms with Crippen LogP contribution in [0.3, 0.4) is 0 Å². The second kappa shape index (κ2) is 4.75. The molecule has 0 rings (SSSR count). The molecule has 0 saturated heterocycles. The van der Waals surface area contributed by atoms with Crippen molar-refractivity contribution in [1.82, 2.24) is 10.7 Å². The van der Waals surface area contributed by atoms with Gasteiger partial charge in [-0.3, -0.25) is 15.0 Å². The molecule has 0 radical (unpaired) electrons. The lowest BCUT2D eigenvalue weighted by Gasteiger charge is -1.99. The Morgan fingerprint density at radius 1 is 1.50 bits per heavy atom. The SMILES string of the molecule is CC(=O)NCCC(=O)NN. The molecule has 0 unspecified atom stereocenters. The van der Waals surface area contributed by atoms with Gasteiger partial charge in [0, 0.05) is 19.9 Å². The molecule has 0 aliphatic heterocycles. The van der Waals surface area contributed by atoms with Gasteiger partial charge < -0.3 is 5.32 Å². The third kappa shape index (κ3) is 5.04. The molecule has 0 aromatic heterocycles. The molecule has 0 aliphatic carbocycles. The van der Waals surface area contributed by atoms with E-state index in [0.717, 1.165) is 0 Å². The van der Waals surface area contributed by atoms with Crippen molar-refractivity contribution in [3.8, 4) is 0 Å². The Kier molecular flexibility index (Phi) is 4.23. The van der Waals surface area contributed by atoms with Crippen LogP contribution in [0.25, 0.3) is 0 Å². The normalized spacial score (nSPS) is 8.60. The van der Waals surface area contributed by atoms with Crippen LogP contribution in [0.2, 0.25) is 0 Å². The molecule has 0 aromatic carbocycles. The van der Waals surface area contributed by atoms with Gasteiger partial charge in [0.25, 0.3) is 0 Å². The molecule has 58 valence electrons. The average molecular weight is 145 g/mol. The maximum absolute atomic E-state index is 10.4. The first kappa shape index (κ1) is 8.90. The third-order valence-electron chi connectivity index (χ3n) is 0.887. The van der Waals surface area contributed by atoms with Crippen LogP contribution in [0.5, 0.6) is 0 Å². The van der Waals surface area contributed by atoms with E-state index in [1.165, 1.54) is 6.92 Å². The van der Waals surface area contributed by atoms with Gasteiger partial charge in [-0.15, -0.1) is 0 Å². The second-order valence-electron chi connectivity index (χ2n) is 1.80. The highest BCUT2D eigenvalue weighted by Gasteiger charge is 1.96. The smallest absolute Gasteiger partial charge is 0.235 e. The number of hydrogen-bond donors (Lipinski definition) is 3. The second-order valence-corrected chi connectivity index (χ2v) is 1.80. The highest BCUT2D eigenvalue weighted by molar-refractivity contribution is 5.77. The summed E-state index contributed by atoms with van der Waals surface area (Å²) in [6, 6.07) is 0. The number of rotatable bonds is 3. The van der Waals surface area contributed by atoms with Crippen molar-refractivity contribution < 1.29 is 9.59 Å². The van der Waals surface area contributed by atoms with E-state index in [-0.39, 0.29) is 18.2 Å². The molecule has 4 N–H and O–H groups in total. The molecule has 5 heteroatoms. The van der Waals surface area contributed by atoms with Crippen LogP contribution in [0, 0.1) is 0 Å². The fourth-order valence-electron chi connectivity index (χ4n) is 0.424. The fraction of sp³-hybridized carbons (Fsp3) is 0.600. The van der Waals surface area contributed by atoms with Crippen molar-refractivity contribution in [1.29, 1.82) is 0 Å². The molecule has 10 heavy (non-hydrogen) atoms. The lowest BCUT2D eigenvalue weighted by atomic mass is 10.4. The minimum Gasteiger partial charge on any atom is -0.356 e. The van der Waals surface area contributed by atoms with Gasteiger partial charge in [-0.1, -0.05) is 0 Å². The number of carbonyl (C=O) groups excluding carboxylic acids is 2. The Hall–Kier alpha value is -1.10. The Labute approximate surface area is 58.9 Å². The summed E-state index contributed by atoms with van der Waals surface area (Å²) in [6.45, 7) is 1.72. The van der Waals surface area contributed by atoms with Crippen LogP contribution in [0.15, 0.2) is 0 Å². The summed E-state index contributed by atoms with van der Waals surface area (Å²) in [5.74, 6) is 4.34. The van der Waals surface area contributed by atoms with Crippen LogP contribution in [-0.4, -0.2) is 18.4 Å². The Bertz CT molecular complexity index is 135. The average Bonchev–Trinajstić information content (AvgIpc) is 1.87. The van der Waals surface area contributed by atoms with Crippen molar-refractivity contribution in [2.75, 3.05) is 6.54 Å². The maximum atomic E-state index is 10.4. The van der Waals surface area contributed by atoms with Crippen LogP contribution >= 0.6 is 0 Å². The van der Waals surface area contributed by atoms with Crippen molar-refractivity contribution in [2.24, 2.45) is 5.84 Å². The van der Waals surface area contributed by atoms with E-state index >= 15 is 0 Å². The van der Waals surface area contributed by atoms with E-state index in [0.29, 0.717) is 6.54 Å². The van der Waals surface area contributed by atoms with Crippen molar-refractivity contribution in [3.05, 3.63) is 0 Å². The van der Waals surface area contributed by atoms with Gasteiger partial charge in [0.1, 0.15) is 0 Å². The summed E-state index contributed by atoms with van der Waals surface area (Å²) in [5, 5.41) is 2.46. The highest BCUT2D eigenvalue weighted by atomic mass is 16.2. The van der Waals surface area contributed by atoms with Crippen LogP contribution < -0.4 is 16.6 Å². The largest absolute Gasteiger partial charge is 0.356 e. The van der Waals surface area contributed by atoms with Crippen molar-refractivity contribution in [3.63, 3.8) is 0 Å². The minimum absolute atomic E-state index is 0.148. The molecule has 0 aromatic rings. The number of amides is 2. The number of carbonyl (C=O) groups is 2. The van der Waals surface area contributed by atoms with Crippen LogP contribution in [-0.2, 0) is 9.59 Å². The third-order valence-corrected chi connectivity index (χ3v) is 0.887. The molecule has 0 atom stereocenters. The number of nitrogens with two attached hydrogens (primary N) is 1. The van der Waals surface area contributed by atoms with Gasteiger partial charge in [0.05, 0.1) is 0 Å². The Balaban J connectivity index is 3.20. The first-order valence-corrected chi connectivity index (χ1v) is 2.90. The van der Waals surface area contributed by atoms with Gasteiger partial charge in [0.15, 0.2) is 0 Å². The van der Waals surface area contributed by atoms with E-state index in [9.17, 15) is 9.59 Å². The zero-order valence-electron chi connectivity index (χ0n) is 5.81. The van der Waals surface area contributed by atoms with Crippen LogP contribution in [0.1, 0.15) is 13.3 Å². The number of hydrogen-bond acceptors (Lipinski definition) is 3. The molecule has 5 nitrogen and oxygen atoms in total. The monoisotopic (exact) mass is 145 g/mol. The molecule has 0 bridgehead atoms. The molecular formula is C5H11N3O2. The number of hydrazine groups is 1. The predicted octanol–water partition coefficient (Wildman–Crippen LogP) is -1.50. The van der Waals surface area contributed by atoms with Crippen LogP contribution in [0.4, 0.5) is 0 Å².